The second-order valence-corrected chi connectivity index (χ2v) is 2.09. The summed E-state index contributed by atoms with van der Waals surface area (Å²) in [5.74, 6) is 0. The molecular formula is C7H7. The van der Waals surface area contributed by atoms with Crippen LogP contribution in [0.2, 0.25) is 0 Å². The minimum atomic E-state index is 1.09. The Morgan fingerprint density at radius 1 is 1.43 bits per heavy atom. The summed E-state index contributed by atoms with van der Waals surface area (Å²) in [6.07, 6.45) is 9.26. The van der Waals surface area contributed by atoms with E-state index < -0.39 is 0 Å². The van der Waals surface area contributed by atoms with Gasteiger partial charge in [-0.05, 0) is 36.5 Å². The predicted molar refractivity (Wildman–Crippen MR) is 28.7 cm³/mol. The average Bonchev–Trinajstić information content (AvgIpc) is 1.85. The lowest BCUT2D eigenvalue weighted by molar-refractivity contribution is 0.831. The number of hydrogen-bond acceptors (Lipinski definition) is 0. The number of allylic oxidation sites excluding steroid dienone is 4. The molecule has 2 rings (SSSR count). The highest BCUT2D eigenvalue weighted by atomic mass is 14.2. The predicted octanol–water partition coefficient (Wildman–Crippen LogP) is 1.84. The minimum absolute atomic E-state index is 1.09. The fourth-order valence-electron chi connectivity index (χ4n) is 1.12. The van der Waals surface area contributed by atoms with Gasteiger partial charge in [0.2, 0.25) is 0 Å². The van der Waals surface area contributed by atoms with Gasteiger partial charge < -0.3 is 0 Å². The highest BCUT2D eigenvalue weighted by Crippen LogP contribution is 2.36. The van der Waals surface area contributed by atoms with Gasteiger partial charge in [-0.15, -0.1) is 0 Å². The first kappa shape index (κ1) is 3.48. The summed E-state index contributed by atoms with van der Waals surface area (Å²) in [6.45, 7) is 0. The van der Waals surface area contributed by atoms with E-state index in [-0.39, 0.29) is 0 Å². The van der Waals surface area contributed by atoms with Crippen LogP contribution >= 0.6 is 0 Å². The summed E-state index contributed by atoms with van der Waals surface area (Å²) >= 11 is 0. The van der Waals surface area contributed by atoms with E-state index in [0.29, 0.717) is 0 Å². The van der Waals surface area contributed by atoms with Crippen molar-refractivity contribution in [2.75, 3.05) is 0 Å². The van der Waals surface area contributed by atoms with Crippen molar-refractivity contribution in [2.24, 2.45) is 0 Å². The zero-order valence-electron chi connectivity index (χ0n) is 4.20. The molecule has 0 spiro atoms. The first-order chi connectivity index (χ1) is 3.47. The molecule has 0 saturated heterocycles. The Kier molecular flexibility index (Phi) is 0.498. The molecule has 0 amide bonds. The van der Waals surface area contributed by atoms with Crippen molar-refractivity contribution in [3.8, 4) is 0 Å². The van der Waals surface area contributed by atoms with Crippen LogP contribution in [0.15, 0.2) is 17.2 Å². The molecule has 0 heteroatoms. The summed E-state index contributed by atoms with van der Waals surface area (Å²) in [7, 11) is 0. The average molecular weight is 91.1 g/mol. The highest BCUT2D eigenvalue weighted by molar-refractivity contribution is 5.41. The van der Waals surface area contributed by atoms with E-state index in [1.807, 2.05) is 0 Å². The van der Waals surface area contributed by atoms with Crippen molar-refractivity contribution in [2.45, 2.75) is 19.3 Å². The van der Waals surface area contributed by atoms with Crippen LogP contribution in [0.1, 0.15) is 19.3 Å². The van der Waals surface area contributed by atoms with Crippen LogP contribution in [-0.2, 0) is 0 Å². The summed E-state index contributed by atoms with van der Waals surface area (Å²) in [5.41, 5.74) is 3.07. The van der Waals surface area contributed by atoms with Gasteiger partial charge in [0.25, 0.3) is 0 Å². The fraction of sp³-hybridized carbons (Fsp3) is 0.429. The van der Waals surface area contributed by atoms with E-state index in [4.69, 9.17) is 0 Å². The van der Waals surface area contributed by atoms with Crippen LogP contribution in [0.3, 0.4) is 0 Å². The molecule has 0 aromatic carbocycles. The van der Waals surface area contributed by atoms with Crippen molar-refractivity contribution in [3.63, 3.8) is 0 Å². The topological polar surface area (TPSA) is 0 Å². The van der Waals surface area contributed by atoms with Gasteiger partial charge in [0.1, 0.15) is 0 Å². The van der Waals surface area contributed by atoms with E-state index in [1.165, 1.54) is 18.4 Å². The van der Waals surface area contributed by atoms with Gasteiger partial charge in [-0.1, -0.05) is 6.08 Å². The molecule has 0 N–H and O–H groups in total. The maximum Gasteiger partial charge on any atom is -0.00857 e. The quantitative estimate of drug-likeness (QED) is 0.426. The van der Waals surface area contributed by atoms with Crippen LogP contribution in [0, 0.1) is 6.08 Å². The minimum Gasteiger partial charge on any atom is -0.0766 e. The van der Waals surface area contributed by atoms with E-state index in [9.17, 15) is 0 Å². The molecular weight excluding hydrogens is 84.1 g/mol. The van der Waals surface area contributed by atoms with Crippen LogP contribution in [0.5, 0.6) is 0 Å². The molecule has 1 radical (unpaired) electrons. The Bertz CT molecular complexity index is 131. The van der Waals surface area contributed by atoms with Gasteiger partial charge >= 0.3 is 0 Å². The Balaban J connectivity index is 2.42. The van der Waals surface area contributed by atoms with E-state index in [0.717, 1.165) is 6.42 Å². The first-order valence-corrected chi connectivity index (χ1v) is 2.76. The van der Waals surface area contributed by atoms with E-state index in [1.54, 1.807) is 5.57 Å². The van der Waals surface area contributed by atoms with Crippen LogP contribution < -0.4 is 0 Å². The molecule has 0 aliphatic heterocycles. The standard InChI is InChI=1S/C7H7/c1-2-6-4-5-7(6)3-1/h2H,1,4-5H2. The zero-order chi connectivity index (χ0) is 4.69. The van der Waals surface area contributed by atoms with Crippen molar-refractivity contribution in [1.29, 1.82) is 0 Å². The van der Waals surface area contributed by atoms with Crippen molar-refractivity contribution >= 4 is 0 Å². The largest absolute Gasteiger partial charge is 0.0766 e. The first-order valence-electron chi connectivity index (χ1n) is 2.76. The van der Waals surface area contributed by atoms with Gasteiger partial charge in [-0.2, -0.15) is 0 Å². The van der Waals surface area contributed by atoms with Crippen molar-refractivity contribution in [1.82, 2.24) is 0 Å². The summed E-state index contributed by atoms with van der Waals surface area (Å²) in [6, 6.07) is 0. The van der Waals surface area contributed by atoms with Crippen molar-refractivity contribution in [3.05, 3.63) is 23.3 Å². The third-order valence-electron chi connectivity index (χ3n) is 1.70. The molecule has 0 aromatic heterocycles. The molecule has 0 heterocycles. The van der Waals surface area contributed by atoms with Gasteiger partial charge in [-0.3, -0.25) is 0 Å². The van der Waals surface area contributed by atoms with Gasteiger partial charge in [0.05, 0.1) is 0 Å². The molecule has 0 nitrogen and oxygen atoms in total. The molecule has 2 aliphatic rings. The number of rotatable bonds is 0. The monoisotopic (exact) mass is 91.1 g/mol. The summed E-state index contributed by atoms with van der Waals surface area (Å²) < 4.78 is 0. The SMILES string of the molecule is [C]1=C2CCC2=CC1. The number of fused-ring (bicyclic) bond motifs is 1. The van der Waals surface area contributed by atoms with Crippen LogP contribution in [-0.4, -0.2) is 0 Å². The second kappa shape index (κ2) is 1.00. The Labute approximate surface area is 43.5 Å². The van der Waals surface area contributed by atoms with Crippen molar-refractivity contribution < 1.29 is 0 Å². The summed E-state index contributed by atoms with van der Waals surface area (Å²) in [5, 5.41) is 0. The normalized spacial score (nSPS) is 25.1. The Hall–Kier alpha value is -0.520. The maximum atomic E-state index is 3.28. The molecule has 1 saturated carbocycles. The molecule has 0 bridgehead atoms. The smallest absolute Gasteiger partial charge is 0.00857 e. The van der Waals surface area contributed by atoms with E-state index >= 15 is 0 Å². The third kappa shape index (κ3) is 0.317. The fourth-order valence-corrected chi connectivity index (χ4v) is 1.12. The highest BCUT2D eigenvalue weighted by Gasteiger charge is 2.18. The molecule has 0 aromatic rings. The Morgan fingerprint density at radius 3 is 2.71 bits per heavy atom. The lowest BCUT2D eigenvalue weighted by Crippen LogP contribution is -1.98. The lowest BCUT2D eigenvalue weighted by atomic mass is 9.89. The van der Waals surface area contributed by atoms with Gasteiger partial charge in [0.15, 0.2) is 0 Å². The second-order valence-electron chi connectivity index (χ2n) is 2.09. The van der Waals surface area contributed by atoms with Crippen LogP contribution in [0.4, 0.5) is 0 Å². The molecule has 0 atom stereocenters. The summed E-state index contributed by atoms with van der Waals surface area (Å²) in [4.78, 5) is 0. The van der Waals surface area contributed by atoms with Gasteiger partial charge in [-0.25, -0.2) is 0 Å². The molecule has 2 aliphatic carbocycles. The van der Waals surface area contributed by atoms with Crippen LogP contribution in [0.25, 0.3) is 0 Å². The zero-order valence-corrected chi connectivity index (χ0v) is 4.20. The number of hydrogen-bond donors (Lipinski definition) is 0. The lowest BCUT2D eigenvalue weighted by Gasteiger charge is -2.16. The molecule has 0 unspecified atom stereocenters. The molecule has 1 fully saturated rings. The molecule has 7 heavy (non-hydrogen) atoms. The van der Waals surface area contributed by atoms with E-state index in [2.05, 4.69) is 12.2 Å². The Morgan fingerprint density at radius 2 is 2.43 bits per heavy atom. The van der Waals surface area contributed by atoms with Gasteiger partial charge in [0, 0.05) is 0 Å². The molecule has 35 valence electrons. The maximum absolute atomic E-state index is 3.28. The third-order valence-corrected chi connectivity index (χ3v) is 1.70.